The van der Waals surface area contributed by atoms with E-state index < -0.39 is 0 Å². The number of hydrogen-bond donors (Lipinski definition) is 2. The van der Waals surface area contributed by atoms with Crippen molar-refractivity contribution in [2.24, 2.45) is 5.73 Å². The van der Waals surface area contributed by atoms with Gasteiger partial charge in [0, 0.05) is 12.2 Å². The number of nitrogens with two attached hydrogens (primary N) is 1. The molecule has 1 aromatic carbocycles. The number of nitrogens with one attached hydrogen (secondary N) is 1. The monoisotopic (exact) mass is 240 g/mol. The first-order valence-corrected chi connectivity index (χ1v) is 6.71. The number of benzene rings is 1. The molecule has 0 atom stereocenters. The molecule has 88 valence electrons. The van der Waals surface area contributed by atoms with Gasteiger partial charge in [-0.1, -0.05) is 0 Å². The normalized spacial score (nSPS) is 19.4. The van der Waals surface area contributed by atoms with Crippen LogP contribution >= 0.6 is 11.8 Å². The van der Waals surface area contributed by atoms with E-state index in [0.717, 1.165) is 30.0 Å². The Balaban J connectivity index is 2.08. The average Bonchev–Trinajstić information content (AvgIpc) is 2.33. The highest BCUT2D eigenvalue weighted by atomic mass is 32.2. The number of halogens is 1. The van der Waals surface area contributed by atoms with Gasteiger partial charge in [-0.2, -0.15) is 11.8 Å². The molecule has 0 saturated carbocycles. The minimum atomic E-state index is -0.202. The van der Waals surface area contributed by atoms with Crippen molar-refractivity contribution in [1.29, 1.82) is 0 Å². The molecule has 0 radical (unpaired) electrons. The molecule has 1 fully saturated rings. The van der Waals surface area contributed by atoms with Gasteiger partial charge in [0.05, 0.1) is 5.54 Å². The third-order valence-corrected chi connectivity index (χ3v) is 4.08. The molecule has 3 N–H and O–H groups in total. The van der Waals surface area contributed by atoms with Crippen LogP contribution in [0.3, 0.4) is 0 Å². The van der Waals surface area contributed by atoms with Gasteiger partial charge in [-0.25, -0.2) is 4.39 Å². The van der Waals surface area contributed by atoms with Crippen LogP contribution in [0, 0.1) is 5.82 Å². The Hall–Kier alpha value is -0.740. The summed E-state index contributed by atoms with van der Waals surface area (Å²) >= 11 is 1.97. The molecule has 16 heavy (non-hydrogen) atoms. The molecule has 0 amide bonds. The first-order chi connectivity index (χ1) is 7.74. The Morgan fingerprint density at radius 1 is 1.25 bits per heavy atom. The van der Waals surface area contributed by atoms with E-state index in [1.165, 1.54) is 12.1 Å². The lowest BCUT2D eigenvalue weighted by molar-refractivity contribution is 0.443. The van der Waals surface area contributed by atoms with Gasteiger partial charge in [-0.05, 0) is 48.6 Å². The predicted molar refractivity (Wildman–Crippen MR) is 68.4 cm³/mol. The maximum Gasteiger partial charge on any atom is 0.123 e. The summed E-state index contributed by atoms with van der Waals surface area (Å²) in [6.45, 7) is 0.630. The van der Waals surface area contributed by atoms with E-state index >= 15 is 0 Å². The van der Waals surface area contributed by atoms with Crippen molar-refractivity contribution in [1.82, 2.24) is 0 Å². The molecule has 0 aliphatic carbocycles. The summed E-state index contributed by atoms with van der Waals surface area (Å²) in [4.78, 5) is 0. The summed E-state index contributed by atoms with van der Waals surface area (Å²) in [5.74, 6) is 2.09. The van der Waals surface area contributed by atoms with Crippen LogP contribution in [0.25, 0.3) is 0 Å². The molecule has 2 nitrogen and oxygen atoms in total. The van der Waals surface area contributed by atoms with Crippen LogP contribution in [-0.2, 0) is 0 Å². The predicted octanol–water partition coefficient (Wildman–Crippen LogP) is 2.46. The van der Waals surface area contributed by atoms with E-state index in [1.807, 2.05) is 11.8 Å². The highest BCUT2D eigenvalue weighted by Gasteiger charge is 2.30. The summed E-state index contributed by atoms with van der Waals surface area (Å²) in [5.41, 5.74) is 6.83. The van der Waals surface area contributed by atoms with Gasteiger partial charge < -0.3 is 11.1 Å². The van der Waals surface area contributed by atoms with Crippen LogP contribution < -0.4 is 11.1 Å². The van der Waals surface area contributed by atoms with Gasteiger partial charge in [0.1, 0.15) is 5.82 Å². The molecule has 1 saturated heterocycles. The Morgan fingerprint density at radius 2 is 1.88 bits per heavy atom. The van der Waals surface area contributed by atoms with Crippen molar-refractivity contribution < 1.29 is 4.39 Å². The molecule has 0 spiro atoms. The molecule has 1 heterocycles. The maximum atomic E-state index is 12.8. The Kier molecular flexibility index (Phi) is 3.71. The highest BCUT2D eigenvalue weighted by Crippen LogP contribution is 2.29. The molecule has 0 bridgehead atoms. The zero-order chi connectivity index (χ0) is 11.4. The zero-order valence-corrected chi connectivity index (χ0v) is 10.0. The third kappa shape index (κ3) is 2.68. The van der Waals surface area contributed by atoms with Crippen LogP contribution in [0.5, 0.6) is 0 Å². The molecule has 0 aromatic heterocycles. The number of anilines is 1. The van der Waals surface area contributed by atoms with Crippen molar-refractivity contribution in [3.63, 3.8) is 0 Å². The average molecular weight is 240 g/mol. The topological polar surface area (TPSA) is 38.0 Å². The maximum absolute atomic E-state index is 12.8. The standard InChI is InChI=1S/C12H17FN2S/c13-10-1-3-11(4-2-10)15-12(9-14)5-7-16-8-6-12/h1-4,15H,5-9,14H2. The molecule has 2 rings (SSSR count). The molecular weight excluding hydrogens is 223 g/mol. The van der Waals surface area contributed by atoms with Gasteiger partial charge in [0.25, 0.3) is 0 Å². The van der Waals surface area contributed by atoms with Crippen LogP contribution in [-0.4, -0.2) is 23.6 Å². The summed E-state index contributed by atoms with van der Waals surface area (Å²) in [5, 5.41) is 3.47. The van der Waals surface area contributed by atoms with Crippen LogP contribution in [0.1, 0.15) is 12.8 Å². The van der Waals surface area contributed by atoms with Gasteiger partial charge >= 0.3 is 0 Å². The Bertz CT molecular complexity index is 333. The summed E-state index contributed by atoms with van der Waals surface area (Å²) in [7, 11) is 0. The minimum absolute atomic E-state index is 0.00306. The lowest BCUT2D eigenvalue weighted by Gasteiger charge is -2.37. The van der Waals surface area contributed by atoms with E-state index in [9.17, 15) is 4.39 Å². The van der Waals surface area contributed by atoms with E-state index in [-0.39, 0.29) is 11.4 Å². The van der Waals surface area contributed by atoms with E-state index in [2.05, 4.69) is 5.32 Å². The van der Waals surface area contributed by atoms with E-state index in [4.69, 9.17) is 5.73 Å². The van der Waals surface area contributed by atoms with Gasteiger partial charge in [0.15, 0.2) is 0 Å². The second-order valence-corrected chi connectivity index (χ2v) is 5.45. The molecule has 4 heteroatoms. The Labute approximate surface area is 99.8 Å². The fourth-order valence-electron chi connectivity index (χ4n) is 1.98. The highest BCUT2D eigenvalue weighted by molar-refractivity contribution is 7.99. The van der Waals surface area contributed by atoms with Crippen molar-refractivity contribution in [2.75, 3.05) is 23.4 Å². The molecule has 1 aliphatic rings. The van der Waals surface area contributed by atoms with Crippen molar-refractivity contribution in [3.05, 3.63) is 30.1 Å². The quantitative estimate of drug-likeness (QED) is 0.852. The van der Waals surface area contributed by atoms with E-state index in [0.29, 0.717) is 6.54 Å². The van der Waals surface area contributed by atoms with Crippen molar-refractivity contribution in [3.8, 4) is 0 Å². The van der Waals surface area contributed by atoms with Crippen molar-refractivity contribution in [2.45, 2.75) is 18.4 Å². The van der Waals surface area contributed by atoms with Gasteiger partial charge in [-0.3, -0.25) is 0 Å². The molecular formula is C12H17FN2S. The second-order valence-electron chi connectivity index (χ2n) is 4.23. The van der Waals surface area contributed by atoms with Crippen LogP contribution in [0.2, 0.25) is 0 Å². The largest absolute Gasteiger partial charge is 0.378 e. The van der Waals surface area contributed by atoms with E-state index in [1.54, 1.807) is 12.1 Å². The molecule has 1 aromatic rings. The fourth-order valence-corrected chi connectivity index (χ4v) is 3.26. The lowest BCUT2D eigenvalue weighted by atomic mass is 9.92. The first-order valence-electron chi connectivity index (χ1n) is 5.56. The third-order valence-electron chi connectivity index (χ3n) is 3.09. The SMILES string of the molecule is NCC1(Nc2ccc(F)cc2)CCSCC1. The summed E-state index contributed by atoms with van der Waals surface area (Å²) in [6.07, 6.45) is 2.15. The summed E-state index contributed by atoms with van der Waals surface area (Å²) < 4.78 is 12.8. The Morgan fingerprint density at radius 3 is 2.44 bits per heavy atom. The van der Waals surface area contributed by atoms with Crippen LogP contribution in [0.15, 0.2) is 24.3 Å². The van der Waals surface area contributed by atoms with Crippen LogP contribution in [0.4, 0.5) is 10.1 Å². The lowest BCUT2D eigenvalue weighted by Crippen LogP contribution is -2.48. The van der Waals surface area contributed by atoms with Crippen molar-refractivity contribution >= 4 is 17.4 Å². The number of thioether (sulfide) groups is 1. The fraction of sp³-hybridized carbons (Fsp3) is 0.500. The molecule has 1 aliphatic heterocycles. The minimum Gasteiger partial charge on any atom is -0.378 e. The van der Waals surface area contributed by atoms with Gasteiger partial charge in [0.2, 0.25) is 0 Å². The number of hydrogen-bond acceptors (Lipinski definition) is 3. The number of rotatable bonds is 3. The first kappa shape index (κ1) is 11.7. The second kappa shape index (κ2) is 5.06. The smallest absolute Gasteiger partial charge is 0.123 e. The van der Waals surface area contributed by atoms with Gasteiger partial charge in [-0.15, -0.1) is 0 Å². The summed E-state index contributed by atoms with van der Waals surface area (Å²) in [6, 6.07) is 6.50. The zero-order valence-electron chi connectivity index (χ0n) is 9.21. The molecule has 0 unspecified atom stereocenters.